The van der Waals surface area contributed by atoms with Gasteiger partial charge in [-0.2, -0.15) is 13.2 Å². The van der Waals surface area contributed by atoms with Crippen LogP contribution >= 0.6 is 15.9 Å². The predicted molar refractivity (Wildman–Crippen MR) is 198 cm³/mol. The molecule has 4 saturated heterocycles. The van der Waals surface area contributed by atoms with Crippen LogP contribution in [0.15, 0.2) is 51.9 Å². The van der Waals surface area contributed by atoms with Gasteiger partial charge in [-0.15, -0.1) is 0 Å². The highest BCUT2D eigenvalue weighted by atomic mass is 79.9. The van der Waals surface area contributed by atoms with Crippen LogP contribution < -0.4 is 16.7 Å². The number of para-hydroxylation sites is 1. The molecule has 4 N–H and O–H groups in total. The van der Waals surface area contributed by atoms with Gasteiger partial charge in [-0.25, -0.2) is 9.59 Å². The van der Waals surface area contributed by atoms with E-state index in [1.165, 1.54) is 12.5 Å². The van der Waals surface area contributed by atoms with E-state index in [0.717, 1.165) is 48.4 Å². The zero-order chi connectivity index (χ0) is 37.2. The fraction of sp³-hybridized carbons (Fsp3) is 0.514. The number of benzene rings is 2. The summed E-state index contributed by atoms with van der Waals surface area (Å²) < 4.78 is 43.5. The molecule has 4 aromatic rings. The lowest BCUT2D eigenvalue weighted by atomic mass is 9.98. The Morgan fingerprint density at radius 1 is 1.00 bits per heavy atom. The minimum absolute atomic E-state index is 0.0732. The molecule has 8 rings (SSSR count). The number of likely N-dealkylation sites (N-methyl/N-ethyl adjacent to an activating group) is 1. The molecule has 3 amide bonds. The maximum Gasteiger partial charge on any atom is 0.418 e. The minimum atomic E-state index is -4.70. The topological polar surface area (TPSA) is 136 Å². The number of halogens is 4. The highest BCUT2D eigenvalue weighted by Gasteiger charge is 2.45. The Morgan fingerprint density at radius 3 is 2.38 bits per heavy atom. The molecule has 4 aliphatic rings. The van der Waals surface area contributed by atoms with Crippen molar-refractivity contribution in [1.82, 2.24) is 39.5 Å². The highest BCUT2D eigenvalue weighted by Crippen LogP contribution is 2.39. The predicted octanol–water partition coefficient (Wildman–Crippen LogP) is 4.58. The number of nitrogens with one attached hydrogen (secondary N) is 2. The molecule has 0 spiro atoms. The number of imidazole rings is 1. The van der Waals surface area contributed by atoms with Crippen LogP contribution in [0.2, 0.25) is 0 Å². The lowest BCUT2D eigenvalue weighted by Crippen LogP contribution is -2.57. The number of anilines is 1. The lowest BCUT2D eigenvalue weighted by molar-refractivity contribution is -0.137. The summed E-state index contributed by atoms with van der Waals surface area (Å²) in [5.74, 6) is -0.319. The van der Waals surface area contributed by atoms with Gasteiger partial charge in [-0.05, 0) is 78.8 Å². The quantitative estimate of drug-likeness (QED) is 0.243. The van der Waals surface area contributed by atoms with Gasteiger partial charge in [-0.1, -0.05) is 18.2 Å². The summed E-state index contributed by atoms with van der Waals surface area (Å²) in [6.07, 6.45) is 0.620. The molecule has 282 valence electrons. The average molecular weight is 799 g/mol. The minimum Gasteiger partial charge on any atom is -0.397 e. The maximum absolute atomic E-state index is 14.2. The SMILES string of the molecule is CN1CC2CC1CN2C1CCN(C(=O)[C@@H](Cc2cc(Br)c(N)c(C(F)(F)F)c2)NC(=O)N2CCC(n3c(=O)[nH]c4c5ccccc5ncc43)CC2)CC1. The molecule has 0 aliphatic carbocycles. The number of hydrogen-bond donors (Lipinski definition) is 3. The largest absolute Gasteiger partial charge is 0.418 e. The second-order valence-corrected chi connectivity index (χ2v) is 15.9. The Bertz CT molecular complexity index is 2100. The number of carbonyl (C=O) groups excluding carboxylic acids is 2. The van der Waals surface area contributed by atoms with Crippen LogP contribution in [0.25, 0.3) is 21.9 Å². The van der Waals surface area contributed by atoms with E-state index in [2.05, 4.69) is 48.1 Å². The molecule has 53 heavy (non-hydrogen) atoms. The summed E-state index contributed by atoms with van der Waals surface area (Å²) >= 11 is 3.16. The molecule has 3 atom stereocenters. The van der Waals surface area contributed by atoms with Crippen LogP contribution in [-0.4, -0.2) is 117 Å². The highest BCUT2D eigenvalue weighted by molar-refractivity contribution is 9.10. The van der Waals surface area contributed by atoms with Crippen molar-refractivity contribution in [2.45, 2.75) is 74.9 Å². The summed E-state index contributed by atoms with van der Waals surface area (Å²) in [7, 11) is 2.17. The zero-order valence-electron chi connectivity index (χ0n) is 29.4. The van der Waals surface area contributed by atoms with Crippen molar-refractivity contribution < 1.29 is 22.8 Å². The molecule has 2 bridgehead atoms. The van der Waals surface area contributed by atoms with Gasteiger partial charge in [0.25, 0.3) is 0 Å². The molecule has 12 nitrogen and oxygen atoms in total. The molecular formula is C37H43BrF3N9O3. The van der Waals surface area contributed by atoms with Gasteiger partial charge < -0.3 is 30.7 Å². The van der Waals surface area contributed by atoms with E-state index < -0.39 is 29.5 Å². The van der Waals surface area contributed by atoms with Crippen LogP contribution in [0, 0.1) is 0 Å². The van der Waals surface area contributed by atoms with Gasteiger partial charge in [0.1, 0.15) is 6.04 Å². The third-order valence-electron chi connectivity index (χ3n) is 11.9. The van der Waals surface area contributed by atoms with Gasteiger partial charge in [0.2, 0.25) is 5.91 Å². The Morgan fingerprint density at radius 2 is 1.70 bits per heavy atom. The molecule has 4 fully saturated rings. The number of carbonyl (C=O) groups is 2. The van der Waals surface area contributed by atoms with Crippen LogP contribution in [0.3, 0.4) is 0 Å². The number of nitrogen functional groups attached to an aromatic ring is 1. The van der Waals surface area contributed by atoms with Gasteiger partial charge in [0, 0.05) is 79.7 Å². The molecule has 2 unspecified atom stereocenters. The second kappa shape index (κ2) is 13.9. The van der Waals surface area contributed by atoms with Crippen molar-refractivity contribution in [1.29, 1.82) is 0 Å². The normalized spacial score (nSPS) is 22.7. The van der Waals surface area contributed by atoms with Crippen LogP contribution in [-0.2, 0) is 17.4 Å². The molecule has 0 radical (unpaired) electrons. The molecule has 2 aromatic carbocycles. The van der Waals surface area contributed by atoms with Crippen LogP contribution in [0.5, 0.6) is 0 Å². The van der Waals surface area contributed by atoms with E-state index in [9.17, 15) is 27.6 Å². The van der Waals surface area contributed by atoms with Gasteiger partial charge in [0.05, 0.1) is 34.0 Å². The summed E-state index contributed by atoms with van der Waals surface area (Å²) in [5.41, 5.74) is 6.52. The van der Waals surface area contributed by atoms with E-state index in [0.29, 0.717) is 62.7 Å². The van der Waals surface area contributed by atoms with Gasteiger partial charge in [-0.3, -0.25) is 19.2 Å². The standard InChI is InChI=1S/C37H43BrF3N9O3/c1-46-19-25-17-24(46)20-49(25)22-6-10-47(11-7-22)34(51)30(16-21-14-27(37(39,40)41)32(42)28(38)15-21)44-35(52)48-12-8-23(9-13-48)50-31-18-43-29-5-3-2-4-26(29)33(31)45-36(50)53/h2-5,14-15,18,22-25,30H,6-13,16-17,19-20,42H2,1H3,(H,44,52)(H,45,53)/t24?,25?,30-/m1/s1. The number of hydrogen-bond acceptors (Lipinski definition) is 7. The zero-order valence-corrected chi connectivity index (χ0v) is 31.0. The number of aromatic nitrogens is 3. The van der Waals surface area contributed by atoms with E-state index in [-0.39, 0.29) is 34.1 Å². The maximum atomic E-state index is 14.2. The summed E-state index contributed by atoms with van der Waals surface area (Å²) in [6, 6.07) is 9.76. The number of aromatic amines is 1. The average Bonchev–Trinajstić information content (AvgIpc) is 3.83. The monoisotopic (exact) mass is 797 g/mol. The number of nitrogens with zero attached hydrogens (tertiary/aromatic N) is 6. The third kappa shape index (κ3) is 6.78. The first-order valence-corrected chi connectivity index (χ1v) is 19.1. The van der Waals surface area contributed by atoms with Crippen molar-refractivity contribution in [3.8, 4) is 0 Å². The van der Waals surface area contributed by atoms with E-state index in [1.807, 2.05) is 24.3 Å². The van der Waals surface area contributed by atoms with Crippen molar-refractivity contribution in [2.75, 3.05) is 52.0 Å². The van der Waals surface area contributed by atoms with Crippen molar-refractivity contribution >= 4 is 55.5 Å². The first-order valence-electron chi connectivity index (χ1n) is 18.3. The summed E-state index contributed by atoms with van der Waals surface area (Å²) in [5, 5.41) is 3.75. The number of rotatable bonds is 6. The molecule has 0 saturated carbocycles. The molecule has 6 heterocycles. The van der Waals surface area contributed by atoms with E-state index in [1.54, 1.807) is 20.6 Å². The van der Waals surface area contributed by atoms with E-state index in [4.69, 9.17) is 5.73 Å². The number of alkyl halides is 3. The smallest absolute Gasteiger partial charge is 0.397 e. The number of likely N-dealkylation sites (tertiary alicyclic amines) is 4. The number of piperazine rings is 1. The number of amides is 3. The molecule has 2 aromatic heterocycles. The lowest BCUT2D eigenvalue weighted by Gasteiger charge is -2.42. The summed E-state index contributed by atoms with van der Waals surface area (Å²) in [4.78, 5) is 57.1. The number of pyridine rings is 1. The van der Waals surface area contributed by atoms with Crippen LogP contribution in [0.1, 0.15) is 49.3 Å². The van der Waals surface area contributed by atoms with Gasteiger partial charge in [0.15, 0.2) is 0 Å². The number of piperidine rings is 2. The van der Waals surface area contributed by atoms with Crippen molar-refractivity contribution in [3.63, 3.8) is 0 Å². The molecule has 4 aliphatic heterocycles. The fourth-order valence-corrected chi connectivity index (χ4v) is 9.60. The number of fused-ring (bicyclic) bond motifs is 5. The number of H-pyrrole nitrogens is 1. The first-order chi connectivity index (χ1) is 25.4. The fourth-order valence-electron chi connectivity index (χ4n) is 9.10. The van der Waals surface area contributed by atoms with Gasteiger partial charge >= 0.3 is 17.9 Å². The molecule has 16 heteroatoms. The first kappa shape index (κ1) is 35.9. The van der Waals surface area contributed by atoms with E-state index >= 15 is 0 Å². The summed E-state index contributed by atoms with van der Waals surface area (Å²) in [6.45, 7) is 3.75. The Labute approximate surface area is 312 Å². The second-order valence-electron chi connectivity index (χ2n) is 15.0. The van der Waals surface area contributed by atoms with Crippen molar-refractivity contribution in [3.05, 3.63) is 68.7 Å². The number of nitrogens with two attached hydrogens (primary N) is 1. The van der Waals surface area contributed by atoms with Crippen LogP contribution in [0.4, 0.5) is 23.7 Å². The molecular weight excluding hydrogens is 755 g/mol. The Balaban J connectivity index is 0.973. The number of urea groups is 1. The Kier molecular flexibility index (Phi) is 9.42. The van der Waals surface area contributed by atoms with Crippen molar-refractivity contribution in [2.24, 2.45) is 0 Å². The third-order valence-corrected chi connectivity index (χ3v) is 12.6. The Hall–Kier alpha value is -4.15.